The van der Waals surface area contributed by atoms with Crippen LogP contribution in [0, 0.1) is 5.92 Å². The van der Waals surface area contributed by atoms with Gasteiger partial charge in [-0.05, 0) is 55.3 Å². The Labute approximate surface area is 191 Å². The van der Waals surface area contributed by atoms with Gasteiger partial charge in [0.05, 0.1) is 17.2 Å². The number of rotatable bonds is 10. The molecule has 3 rings (SSSR count). The first-order chi connectivity index (χ1) is 15.4. The summed E-state index contributed by atoms with van der Waals surface area (Å²) >= 11 is 5.96. The number of oxime groups is 1. The standard InChI is InChI=1S/C23H24ClN3O5/c1-15(2)13-26-30-11-10-29-23(28)16(3)31-18-5-7-19(8-6-18)32-22-14-25-21-12-17(24)4-9-20(21)27-22/h4-9,12-16H,10-11H2,1-3H3/b26-13+. The van der Waals surface area contributed by atoms with Crippen LogP contribution in [0.3, 0.4) is 0 Å². The molecule has 0 amide bonds. The van der Waals surface area contributed by atoms with Crippen LogP contribution in [0.4, 0.5) is 0 Å². The summed E-state index contributed by atoms with van der Waals surface area (Å²) in [4.78, 5) is 25.7. The van der Waals surface area contributed by atoms with E-state index in [0.29, 0.717) is 39.4 Å². The average molecular weight is 458 g/mol. The van der Waals surface area contributed by atoms with E-state index in [2.05, 4.69) is 15.1 Å². The summed E-state index contributed by atoms with van der Waals surface area (Å²) in [5.74, 6) is 1.20. The van der Waals surface area contributed by atoms with Crippen LogP contribution in [-0.4, -0.2) is 41.5 Å². The van der Waals surface area contributed by atoms with E-state index in [4.69, 9.17) is 30.6 Å². The molecule has 9 heteroatoms. The van der Waals surface area contributed by atoms with Gasteiger partial charge in [0, 0.05) is 11.2 Å². The largest absolute Gasteiger partial charge is 0.479 e. The molecular formula is C23H24ClN3O5. The summed E-state index contributed by atoms with van der Waals surface area (Å²) in [6.45, 7) is 5.85. The van der Waals surface area contributed by atoms with E-state index in [0.717, 1.165) is 0 Å². The van der Waals surface area contributed by atoms with Crippen molar-refractivity contribution in [2.75, 3.05) is 13.2 Å². The summed E-state index contributed by atoms with van der Waals surface area (Å²) < 4.78 is 16.5. The molecular weight excluding hydrogens is 434 g/mol. The summed E-state index contributed by atoms with van der Waals surface area (Å²) in [6, 6.07) is 12.1. The first kappa shape index (κ1) is 23.3. The van der Waals surface area contributed by atoms with E-state index in [1.165, 1.54) is 6.20 Å². The average Bonchev–Trinajstić information content (AvgIpc) is 2.77. The highest BCUT2D eigenvalue weighted by molar-refractivity contribution is 6.31. The maximum absolute atomic E-state index is 12.0. The molecule has 0 bridgehead atoms. The van der Waals surface area contributed by atoms with Gasteiger partial charge >= 0.3 is 5.97 Å². The highest BCUT2D eigenvalue weighted by Crippen LogP contribution is 2.25. The Balaban J connectivity index is 1.47. The topological polar surface area (TPSA) is 92.1 Å². The van der Waals surface area contributed by atoms with Gasteiger partial charge in [0.2, 0.25) is 5.88 Å². The van der Waals surface area contributed by atoms with Crippen LogP contribution in [0.2, 0.25) is 5.02 Å². The third-order valence-electron chi connectivity index (χ3n) is 4.03. The van der Waals surface area contributed by atoms with E-state index < -0.39 is 12.1 Å². The zero-order valence-electron chi connectivity index (χ0n) is 18.0. The number of hydrogen-bond donors (Lipinski definition) is 0. The molecule has 0 aliphatic carbocycles. The van der Waals surface area contributed by atoms with E-state index in [9.17, 15) is 4.79 Å². The Morgan fingerprint density at radius 2 is 1.81 bits per heavy atom. The van der Waals surface area contributed by atoms with E-state index in [1.807, 2.05) is 13.8 Å². The van der Waals surface area contributed by atoms with Crippen molar-refractivity contribution in [3.05, 3.63) is 53.7 Å². The molecule has 8 nitrogen and oxygen atoms in total. The molecule has 0 aliphatic heterocycles. The minimum Gasteiger partial charge on any atom is -0.479 e. The van der Waals surface area contributed by atoms with Gasteiger partial charge in [-0.1, -0.05) is 30.6 Å². The molecule has 0 N–H and O–H groups in total. The van der Waals surface area contributed by atoms with Crippen LogP contribution in [0.25, 0.3) is 11.0 Å². The van der Waals surface area contributed by atoms with Gasteiger partial charge in [-0.2, -0.15) is 0 Å². The fraction of sp³-hybridized carbons (Fsp3) is 0.304. The summed E-state index contributed by atoms with van der Waals surface area (Å²) in [5, 5.41) is 4.36. The lowest BCUT2D eigenvalue weighted by Gasteiger charge is -2.14. The third kappa shape index (κ3) is 7.09. The molecule has 0 fully saturated rings. The van der Waals surface area contributed by atoms with Gasteiger partial charge in [-0.25, -0.2) is 14.8 Å². The molecule has 0 saturated carbocycles. The van der Waals surface area contributed by atoms with Gasteiger partial charge < -0.3 is 19.0 Å². The summed E-state index contributed by atoms with van der Waals surface area (Å²) in [6.07, 6.45) is 2.42. The molecule has 2 aromatic carbocycles. The molecule has 0 radical (unpaired) electrons. The Kier molecular flexibility index (Phi) is 8.21. The maximum Gasteiger partial charge on any atom is 0.347 e. The zero-order chi connectivity index (χ0) is 22.9. The van der Waals surface area contributed by atoms with Gasteiger partial charge in [-0.3, -0.25) is 0 Å². The first-order valence-corrected chi connectivity index (χ1v) is 10.5. The molecule has 1 atom stereocenters. The number of esters is 1. The lowest BCUT2D eigenvalue weighted by molar-refractivity contribution is -0.152. The van der Waals surface area contributed by atoms with Crippen molar-refractivity contribution < 1.29 is 23.8 Å². The highest BCUT2D eigenvalue weighted by Gasteiger charge is 2.16. The number of carbonyl (C=O) groups excluding carboxylic acids is 1. The van der Waals surface area contributed by atoms with E-state index in [1.54, 1.807) is 55.6 Å². The van der Waals surface area contributed by atoms with Crippen molar-refractivity contribution in [1.29, 1.82) is 0 Å². The monoisotopic (exact) mass is 457 g/mol. The number of fused-ring (bicyclic) bond motifs is 1. The Hall–Kier alpha value is -3.39. The van der Waals surface area contributed by atoms with Gasteiger partial charge in [0.1, 0.15) is 18.1 Å². The second kappa shape index (κ2) is 11.3. The molecule has 32 heavy (non-hydrogen) atoms. The van der Waals surface area contributed by atoms with Crippen LogP contribution in [0.15, 0.2) is 53.8 Å². The number of benzene rings is 2. The SMILES string of the molecule is CC(C)/C=N/OCCOC(=O)C(C)Oc1ccc(Oc2cnc3cc(Cl)ccc3n2)cc1. The minimum absolute atomic E-state index is 0.0910. The Morgan fingerprint density at radius 3 is 2.56 bits per heavy atom. The minimum atomic E-state index is -0.779. The number of halogens is 1. The van der Waals surface area contributed by atoms with Crippen molar-refractivity contribution in [2.24, 2.45) is 11.1 Å². The maximum atomic E-state index is 12.0. The van der Waals surface area contributed by atoms with Gasteiger partial charge in [0.25, 0.3) is 0 Å². The van der Waals surface area contributed by atoms with Crippen molar-refractivity contribution in [3.63, 3.8) is 0 Å². The number of carbonyl (C=O) groups is 1. The molecule has 1 unspecified atom stereocenters. The lowest BCUT2D eigenvalue weighted by atomic mass is 10.3. The quantitative estimate of drug-likeness (QED) is 0.182. The number of nitrogens with zero attached hydrogens (tertiary/aromatic N) is 3. The summed E-state index contributed by atoms with van der Waals surface area (Å²) in [5.41, 5.74) is 1.36. The van der Waals surface area contributed by atoms with Crippen molar-refractivity contribution in [2.45, 2.75) is 26.9 Å². The molecule has 0 saturated heterocycles. The van der Waals surface area contributed by atoms with Crippen molar-refractivity contribution >= 4 is 34.8 Å². The Bertz CT molecular complexity index is 1070. The predicted octanol–water partition coefficient (Wildman–Crippen LogP) is 5.04. The highest BCUT2D eigenvalue weighted by atomic mass is 35.5. The van der Waals surface area contributed by atoms with Gasteiger partial charge in [0.15, 0.2) is 12.7 Å². The predicted molar refractivity (Wildman–Crippen MR) is 121 cm³/mol. The van der Waals surface area contributed by atoms with Crippen LogP contribution < -0.4 is 9.47 Å². The zero-order valence-corrected chi connectivity index (χ0v) is 18.8. The van der Waals surface area contributed by atoms with E-state index in [-0.39, 0.29) is 13.2 Å². The smallest absolute Gasteiger partial charge is 0.347 e. The molecule has 0 aliphatic rings. The van der Waals surface area contributed by atoms with E-state index >= 15 is 0 Å². The molecule has 1 aromatic heterocycles. The first-order valence-electron chi connectivity index (χ1n) is 10.1. The fourth-order valence-electron chi connectivity index (χ4n) is 2.49. The second-order valence-electron chi connectivity index (χ2n) is 7.17. The molecule has 0 spiro atoms. The number of ether oxygens (including phenoxy) is 3. The van der Waals surface area contributed by atoms with Crippen LogP contribution in [-0.2, 0) is 14.4 Å². The molecule has 168 valence electrons. The second-order valence-corrected chi connectivity index (χ2v) is 7.61. The number of aromatic nitrogens is 2. The van der Waals surface area contributed by atoms with Crippen molar-refractivity contribution in [3.8, 4) is 17.4 Å². The van der Waals surface area contributed by atoms with Crippen LogP contribution in [0.1, 0.15) is 20.8 Å². The number of hydrogen-bond acceptors (Lipinski definition) is 8. The molecule has 3 aromatic rings. The summed E-state index contributed by atoms with van der Waals surface area (Å²) in [7, 11) is 0. The lowest BCUT2D eigenvalue weighted by Crippen LogP contribution is -2.27. The fourth-order valence-corrected chi connectivity index (χ4v) is 2.66. The van der Waals surface area contributed by atoms with Crippen LogP contribution >= 0.6 is 11.6 Å². The van der Waals surface area contributed by atoms with Gasteiger partial charge in [-0.15, -0.1) is 0 Å². The Morgan fingerprint density at radius 1 is 1.06 bits per heavy atom. The normalized spacial score (nSPS) is 12.2. The third-order valence-corrected chi connectivity index (χ3v) is 4.26. The van der Waals surface area contributed by atoms with Crippen LogP contribution in [0.5, 0.6) is 17.4 Å². The van der Waals surface area contributed by atoms with Crippen molar-refractivity contribution in [1.82, 2.24) is 9.97 Å². The molecule has 1 heterocycles.